The first-order chi connectivity index (χ1) is 15.9. The van der Waals surface area contributed by atoms with E-state index in [1.165, 1.54) is 12.5 Å². The van der Waals surface area contributed by atoms with E-state index in [1.54, 1.807) is 0 Å². The van der Waals surface area contributed by atoms with Gasteiger partial charge in [0.2, 0.25) is 29.5 Å². The predicted octanol–water partition coefficient (Wildman–Crippen LogP) is -4.11. The molecular weight excluding hydrogens is 472 g/mol. The quantitative estimate of drug-likeness (QED) is 0.106. The minimum atomic E-state index is -1.46. The Morgan fingerprint density at radius 2 is 1.56 bits per heavy atom. The maximum atomic E-state index is 12.7. The van der Waals surface area contributed by atoms with E-state index in [1.807, 2.05) is 0 Å². The summed E-state index contributed by atoms with van der Waals surface area (Å²) < 4.78 is 0. The lowest BCUT2D eigenvalue weighted by molar-refractivity contribution is -0.142. The van der Waals surface area contributed by atoms with E-state index < -0.39 is 66.1 Å². The van der Waals surface area contributed by atoms with Crippen molar-refractivity contribution in [3.05, 3.63) is 18.2 Å². The first kappa shape index (κ1) is 28.4. The number of H-pyrrole nitrogens is 1. The van der Waals surface area contributed by atoms with Crippen LogP contribution in [0.5, 0.6) is 0 Å². The summed E-state index contributed by atoms with van der Waals surface area (Å²) in [7, 11) is 0. The van der Waals surface area contributed by atoms with Crippen LogP contribution in [0, 0.1) is 0 Å². The molecule has 1 aromatic rings. The highest BCUT2D eigenvalue weighted by Gasteiger charge is 2.30. The van der Waals surface area contributed by atoms with Crippen LogP contribution < -0.4 is 33.2 Å². The zero-order valence-electron chi connectivity index (χ0n) is 18.0. The van der Waals surface area contributed by atoms with Gasteiger partial charge in [0.25, 0.3) is 0 Å². The number of aromatic amines is 1. The second-order valence-corrected chi connectivity index (χ2v) is 7.63. The first-order valence-electron chi connectivity index (χ1n) is 9.98. The second-order valence-electron chi connectivity index (χ2n) is 7.27. The van der Waals surface area contributed by atoms with Gasteiger partial charge in [-0.15, -0.1) is 0 Å². The molecule has 1 rings (SSSR count). The van der Waals surface area contributed by atoms with E-state index in [0.29, 0.717) is 5.69 Å². The number of carboxylic acid groups (broad SMARTS) is 1. The van der Waals surface area contributed by atoms with Gasteiger partial charge in [0.15, 0.2) is 0 Å². The van der Waals surface area contributed by atoms with Gasteiger partial charge in [0, 0.05) is 30.5 Å². The Morgan fingerprint density at radius 1 is 0.971 bits per heavy atom. The summed E-state index contributed by atoms with van der Waals surface area (Å²) in [6, 6.07) is -5.33. The topological polar surface area (TPSA) is 265 Å². The number of carbonyl (C=O) groups excluding carboxylic acids is 5. The Balaban J connectivity index is 2.82. The minimum Gasteiger partial charge on any atom is -0.480 e. The third-order valence-electron chi connectivity index (χ3n) is 4.48. The summed E-state index contributed by atoms with van der Waals surface area (Å²) >= 11 is 3.97. The van der Waals surface area contributed by atoms with Gasteiger partial charge in [0.05, 0.1) is 18.8 Å². The summed E-state index contributed by atoms with van der Waals surface area (Å²) in [6.07, 6.45) is 1.78. The monoisotopic (exact) mass is 500 g/mol. The predicted molar refractivity (Wildman–Crippen MR) is 120 cm³/mol. The summed E-state index contributed by atoms with van der Waals surface area (Å²) in [5.74, 6) is -5.96. The van der Waals surface area contributed by atoms with E-state index in [4.69, 9.17) is 17.2 Å². The number of carboxylic acids is 1. The fraction of sp³-hybridized carbons (Fsp3) is 0.500. The molecular formula is C18H28N8O7S. The maximum Gasteiger partial charge on any atom is 0.326 e. The smallest absolute Gasteiger partial charge is 0.326 e. The number of nitrogens with two attached hydrogens (primary N) is 3. The molecule has 16 heteroatoms. The number of imidazole rings is 1. The Labute approximate surface area is 199 Å². The van der Waals surface area contributed by atoms with Crippen molar-refractivity contribution in [2.24, 2.45) is 17.2 Å². The van der Waals surface area contributed by atoms with Gasteiger partial charge in [0.1, 0.15) is 18.1 Å². The molecule has 0 aliphatic carbocycles. The Kier molecular flexibility index (Phi) is 11.5. The molecule has 0 saturated heterocycles. The molecule has 0 radical (unpaired) electrons. The number of thiol groups is 1. The number of rotatable bonds is 15. The third-order valence-corrected chi connectivity index (χ3v) is 4.84. The average molecular weight is 501 g/mol. The molecule has 15 nitrogen and oxygen atoms in total. The molecule has 0 bridgehead atoms. The molecule has 34 heavy (non-hydrogen) atoms. The maximum absolute atomic E-state index is 12.7. The second kappa shape index (κ2) is 13.8. The number of aliphatic carboxylic acids is 1. The van der Waals surface area contributed by atoms with Gasteiger partial charge >= 0.3 is 5.97 Å². The van der Waals surface area contributed by atoms with Crippen molar-refractivity contribution in [2.75, 3.05) is 5.75 Å². The van der Waals surface area contributed by atoms with E-state index in [-0.39, 0.29) is 25.0 Å². The number of aromatic nitrogens is 2. The van der Waals surface area contributed by atoms with Crippen LogP contribution in [-0.2, 0) is 35.2 Å². The van der Waals surface area contributed by atoms with Crippen molar-refractivity contribution in [3.63, 3.8) is 0 Å². The molecule has 5 amide bonds. The third kappa shape index (κ3) is 9.86. The molecule has 1 heterocycles. The van der Waals surface area contributed by atoms with E-state index in [0.717, 1.165) is 0 Å². The molecule has 11 N–H and O–H groups in total. The molecule has 4 unspecified atom stereocenters. The normalized spacial score (nSPS) is 14.2. The minimum absolute atomic E-state index is 0.0697. The van der Waals surface area contributed by atoms with Crippen molar-refractivity contribution in [1.82, 2.24) is 25.9 Å². The number of nitrogens with zero attached hydrogens (tertiary/aromatic N) is 1. The first-order valence-corrected chi connectivity index (χ1v) is 10.6. The zero-order valence-corrected chi connectivity index (χ0v) is 18.9. The Morgan fingerprint density at radius 3 is 2.06 bits per heavy atom. The van der Waals surface area contributed by atoms with Crippen LogP contribution in [0.15, 0.2) is 12.5 Å². The van der Waals surface area contributed by atoms with Crippen LogP contribution in [0.25, 0.3) is 0 Å². The average Bonchev–Trinajstić information content (AvgIpc) is 3.26. The van der Waals surface area contributed by atoms with E-state index >= 15 is 0 Å². The lowest BCUT2D eigenvalue weighted by Crippen LogP contribution is -2.58. The summed E-state index contributed by atoms with van der Waals surface area (Å²) in [5.41, 5.74) is 16.5. The van der Waals surface area contributed by atoms with Crippen LogP contribution in [-0.4, -0.2) is 80.5 Å². The lowest BCUT2D eigenvalue weighted by Gasteiger charge is -2.24. The molecule has 0 aliphatic rings. The van der Waals surface area contributed by atoms with Crippen LogP contribution in [0.1, 0.15) is 25.0 Å². The summed E-state index contributed by atoms with van der Waals surface area (Å²) in [4.78, 5) is 77.7. The molecule has 4 atom stereocenters. The van der Waals surface area contributed by atoms with Gasteiger partial charge < -0.3 is 43.2 Å². The molecule has 0 saturated carbocycles. The Hall–Kier alpha value is -3.66. The molecule has 0 aliphatic heterocycles. The number of carbonyl (C=O) groups is 6. The molecule has 0 spiro atoms. The number of amides is 5. The largest absolute Gasteiger partial charge is 0.480 e. The number of hydrogen-bond acceptors (Lipinski definition) is 9. The summed E-state index contributed by atoms with van der Waals surface area (Å²) in [6.45, 7) is 0. The zero-order chi connectivity index (χ0) is 25.8. The van der Waals surface area contributed by atoms with Crippen molar-refractivity contribution in [3.8, 4) is 0 Å². The molecule has 188 valence electrons. The number of primary amides is 2. The van der Waals surface area contributed by atoms with Gasteiger partial charge in [-0.25, -0.2) is 9.78 Å². The highest BCUT2D eigenvalue weighted by molar-refractivity contribution is 7.80. The highest BCUT2D eigenvalue weighted by Crippen LogP contribution is 2.02. The molecule has 1 aromatic heterocycles. The molecule has 0 fully saturated rings. The SMILES string of the molecule is NC(=O)CCC(NC(=O)C(CS)NC(=O)C(CC(N)=O)NC(=O)C(N)Cc1cnc[nH]1)C(=O)O. The van der Waals surface area contributed by atoms with E-state index in [9.17, 15) is 33.9 Å². The number of nitrogens with one attached hydrogen (secondary N) is 4. The van der Waals surface area contributed by atoms with Gasteiger partial charge in [-0.1, -0.05) is 0 Å². The Bertz CT molecular complexity index is 895. The lowest BCUT2D eigenvalue weighted by atomic mass is 10.1. The van der Waals surface area contributed by atoms with Crippen molar-refractivity contribution < 1.29 is 33.9 Å². The van der Waals surface area contributed by atoms with E-state index in [2.05, 4.69) is 38.5 Å². The van der Waals surface area contributed by atoms with Gasteiger partial charge in [-0.3, -0.25) is 24.0 Å². The van der Waals surface area contributed by atoms with Gasteiger partial charge in [-0.2, -0.15) is 12.6 Å². The van der Waals surface area contributed by atoms with Crippen molar-refractivity contribution in [1.29, 1.82) is 0 Å². The highest BCUT2D eigenvalue weighted by atomic mass is 32.1. The standard InChI is InChI=1S/C18H28N8O7S/c19-9(3-8-5-22-7-23-8)15(29)25-11(4-14(21)28)16(30)26-12(6-34)17(31)24-10(18(32)33)1-2-13(20)27/h5,7,9-12,34H,1-4,6,19H2,(H2,20,27)(H2,21,28)(H,22,23)(H,24,31)(H,25,29)(H,26,30)(H,32,33). The van der Waals surface area contributed by atoms with Crippen molar-refractivity contribution >= 4 is 48.1 Å². The summed E-state index contributed by atoms with van der Waals surface area (Å²) in [5, 5.41) is 16.0. The van der Waals surface area contributed by atoms with Gasteiger partial charge in [-0.05, 0) is 6.42 Å². The molecule has 0 aromatic carbocycles. The van der Waals surface area contributed by atoms with Crippen molar-refractivity contribution in [2.45, 2.75) is 49.9 Å². The fourth-order valence-electron chi connectivity index (χ4n) is 2.70. The van der Waals surface area contributed by atoms with Crippen LogP contribution in [0.4, 0.5) is 0 Å². The fourth-order valence-corrected chi connectivity index (χ4v) is 2.95. The van der Waals surface area contributed by atoms with Crippen LogP contribution in [0.3, 0.4) is 0 Å². The number of hydrogen-bond donors (Lipinski definition) is 9. The van der Waals surface area contributed by atoms with Crippen LogP contribution >= 0.6 is 12.6 Å². The van der Waals surface area contributed by atoms with Crippen LogP contribution in [0.2, 0.25) is 0 Å².